The minimum Gasteiger partial charge on any atom is -0.356 e. The summed E-state index contributed by atoms with van der Waals surface area (Å²) in [5.74, 6) is 1.22. The van der Waals surface area contributed by atoms with E-state index in [-0.39, 0.29) is 12.0 Å². The summed E-state index contributed by atoms with van der Waals surface area (Å²) in [4.78, 5) is 18.1. The van der Waals surface area contributed by atoms with E-state index in [1.807, 2.05) is 0 Å². The maximum absolute atomic E-state index is 12.5. The molecule has 1 N–H and O–H groups in total. The Balaban J connectivity index is 1.71. The van der Waals surface area contributed by atoms with E-state index in [2.05, 4.69) is 48.0 Å². The number of hydrogen-bond acceptors (Lipinski definition) is 1. The van der Waals surface area contributed by atoms with Crippen LogP contribution in [0.25, 0.3) is 10.9 Å². The highest BCUT2D eigenvalue weighted by molar-refractivity contribution is 5.87. The number of rotatable bonds is 1. The van der Waals surface area contributed by atoms with E-state index in [1.165, 1.54) is 22.2 Å². The monoisotopic (exact) mass is 268 g/mol. The smallest absolute Gasteiger partial charge is 0.226 e. The number of fused-ring (bicyclic) bond motifs is 3. The second-order valence-electron chi connectivity index (χ2n) is 6.34. The molecule has 2 aliphatic rings. The molecule has 0 bridgehead atoms. The summed E-state index contributed by atoms with van der Waals surface area (Å²) in [6.07, 6.45) is 2.04. The number of nitrogens with zero attached hydrogens (tertiary/aromatic N) is 1. The largest absolute Gasteiger partial charge is 0.356 e. The molecule has 0 radical (unpaired) electrons. The summed E-state index contributed by atoms with van der Waals surface area (Å²) < 4.78 is 0. The third-order valence-corrected chi connectivity index (χ3v) is 5.04. The molecule has 4 rings (SSSR count). The number of carbonyl (C=O) groups is 1. The van der Waals surface area contributed by atoms with Gasteiger partial charge in [0.1, 0.15) is 0 Å². The van der Waals surface area contributed by atoms with Crippen LogP contribution in [0.15, 0.2) is 24.3 Å². The predicted octanol–water partition coefficient (Wildman–Crippen LogP) is 3.27. The quantitative estimate of drug-likeness (QED) is 0.846. The second-order valence-corrected chi connectivity index (χ2v) is 6.34. The average Bonchev–Trinajstić information content (AvgIpc) is 3.06. The summed E-state index contributed by atoms with van der Waals surface area (Å²) in [6.45, 7) is 5.18. The molecule has 1 aromatic heterocycles. The van der Waals surface area contributed by atoms with Crippen LogP contribution in [0.4, 0.5) is 0 Å². The summed E-state index contributed by atoms with van der Waals surface area (Å²) >= 11 is 0. The van der Waals surface area contributed by atoms with E-state index in [9.17, 15) is 4.79 Å². The van der Waals surface area contributed by atoms with Crippen LogP contribution in [0, 0.1) is 11.8 Å². The van der Waals surface area contributed by atoms with E-state index in [0.29, 0.717) is 11.8 Å². The van der Waals surface area contributed by atoms with Crippen molar-refractivity contribution >= 4 is 16.8 Å². The van der Waals surface area contributed by atoms with Crippen LogP contribution >= 0.6 is 0 Å². The van der Waals surface area contributed by atoms with E-state index in [1.54, 1.807) is 0 Å². The Morgan fingerprint density at radius 1 is 1.30 bits per heavy atom. The molecule has 1 fully saturated rings. The van der Waals surface area contributed by atoms with Gasteiger partial charge >= 0.3 is 0 Å². The number of benzene rings is 1. The third kappa shape index (κ3) is 1.62. The molecular weight excluding hydrogens is 248 g/mol. The number of para-hydroxylation sites is 1. The minimum absolute atomic E-state index is 0.173. The van der Waals surface area contributed by atoms with E-state index in [0.717, 1.165) is 19.4 Å². The van der Waals surface area contributed by atoms with Gasteiger partial charge in [0.2, 0.25) is 5.91 Å². The molecule has 1 aliphatic heterocycles. The average molecular weight is 268 g/mol. The van der Waals surface area contributed by atoms with E-state index in [4.69, 9.17) is 0 Å². The molecule has 104 valence electrons. The predicted molar refractivity (Wildman–Crippen MR) is 79.4 cm³/mol. The molecule has 1 saturated carbocycles. The van der Waals surface area contributed by atoms with Crippen molar-refractivity contribution in [2.24, 2.45) is 11.8 Å². The summed E-state index contributed by atoms with van der Waals surface area (Å²) in [5, 5.41) is 1.32. The molecule has 3 heteroatoms. The Bertz CT molecular complexity index is 687. The van der Waals surface area contributed by atoms with Gasteiger partial charge in [-0.05, 0) is 37.3 Å². The van der Waals surface area contributed by atoms with Gasteiger partial charge in [-0.15, -0.1) is 0 Å². The van der Waals surface area contributed by atoms with Crippen LogP contribution in [0.1, 0.15) is 37.6 Å². The lowest BCUT2D eigenvalue weighted by Gasteiger charge is -2.34. The van der Waals surface area contributed by atoms with Gasteiger partial charge in [0.25, 0.3) is 0 Å². The normalized spacial score (nSPS) is 28.5. The first-order valence-corrected chi connectivity index (χ1v) is 7.56. The molecule has 3 atom stereocenters. The number of nitrogens with one attached hydrogen (secondary N) is 1. The number of carbonyl (C=O) groups excluding carboxylic acids is 1. The van der Waals surface area contributed by atoms with Crippen LogP contribution in [0.3, 0.4) is 0 Å². The van der Waals surface area contributed by atoms with Crippen molar-refractivity contribution in [1.29, 1.82) is 0 Å². The van der Waals surface area contributed by atoms with Gasteiger partial charge in [-0.2, -0.15) is 0 Å². The van der Waals surface area contributed by atoms with Crippen molar-refractivity contribution in [2.75, 3.05) is 6.54 Å². The number of amides is 1. The molecule has 0 saturated heterocycles. The number of aromatic nitrogens is 1. The lowest BCUT2D eigenvalue weighted by atomic mass is 9.97. The van der Waals surface area contributed by atoms with E-state index >= 15 is 0 Å². The SMILES string of the molecule is C[C@@H]1C[C@H]1C(=O)N1CCc2c([nH]c3ccccc23)[C@H]1C. The van der Waals surface area contributed by atoms with Crippen molar-refractivity contribution in [3.63, 3.8) is 0 Å². The Morgan fingerprint density at radius 2 is 2.05 bits per heavy atom. The van der Waals surface area contributed by atoms with Crippen molar-refractivity contribution in [1.82, 2.24) is 9.88 Å². The van der Waals surface area contributed by atoms with Gasteiger partial charge in [0.05, 0.1) is 6.04 Å². The van der Waals surface area contributed by atoms with Crippen molar-refractivity contribution < 1.29 is 4.79 Å². The highest BCUT2D eigenvalue weighted by atomic mass is 16.2. The van der Waals surface area contributed by atoms with Crippen molar-refractivity contribution in [2.45, 2.75) is 32.7 Å². The number of aromatic amines is 1. The van der Waals surface area contributed by atoms with Crippen LogP contribution in [-0.2, 0) is 11.2 Å². The molecule has 1 aliphatic carbocycles. The van der Waals surface area contributed by atoms with Crippen LogP contribution < -0.4 is 0 Å². The van der Waals surface area contributed by atoms with Gasteiger partial charge in [-0.3, -0.25) is 4.79 Å². The molecule has 1 aromatic carbocycles. The molecule has 2 heterocycles. The first-order valence-electron chi connectivity index (χ1n) is 7.56. The van der Waals surface area contributed by atoms with Gasteiger partial charge < -0.3 is 9.88 Å². The van der Waals surface area contributed by atoms with Crippen LogP contribution in [-0.4, -0.2) is 22.3 Å². The van der Waals surface area contributed by atoms with Crippen molar-refractivity contribution in [3.8, 4) is 0 Å². The van der Waals surface area contributed by atoms with Crippen molar-refractivity contribution in [3.05, 3.63) is 35.5 Å². The summed E-state index contributed by atoms with van der Waals surface area (Å²) in [6, 6.07) is 8.62. The van der Waals surface area contributed by atoms with Crippen LogP contribution in [0.5, 0.6) is 0 Å². The standard InChI is InChI=1S/C17H20N2O/c1-10-9-14(10)17(20)19-8-7-13-12-5-3-4-6-15(12)18-16(13)11(19)2/h3-6,10-11,14,18H,7-9H2,1-2H3/t10-,11-,14-/m1/s1. The topological polar surface area (TPSA) is 36.1 Å². The zero-order valence-electron chi connectivity index (χ0n) is 12.0. The molecular formula is C17H20N2O. The number of H-pyrrole nitrogens is 1. The Labute approximate surface area is 119 Å². The zero-order valence-corrected chi connectivity index (χ0v) is 12.0. The Hall–Kier alpha value is -1.77. The maximum Gasteiger partial charge on any atom is 0.226 e. The highest BCUT2D eigenvalue weighted by Gasteiger charge is 2.43. The highest BCUT2D eigenvalue weighted by Crippen LogP contribution is 2.42. The van der Waals surface area contributed by atoms with Gasteiger partial charge in [-0.1, -0.05) is 25.1 Å². The lowest BCUT2D eigenvalue weighted by molar-refractivity contribution is -0.135. The van der Waals surface area contributed by atoms with Crippen LogP contribution in [0.2, 0.25) is 0 Å². The first-order chi connectivity index (χ1) is 9.66. The third-order valence-electron chi connectivity index (χ3n) is 5.04. The fourth-order valence-electron chi connectivity index (χ4n) is 3.61. The Morgan fingerprint density at radius 3 is 2.80 bits per heavy atom. The Kier molecular flexibility index (Phi) is 2.47. The minimum atomic E-state index is 0.173. The fourth-order valence-corrected chi connectivity index (χ4v) is 3.61. The second kappa shape index (κ2) is 4.11. The fraction of sp³-hybridized carbons (Fsp3) is 0.471. The molecule has 0 unspecified atom stereocenters. The summed E-state index contributed by atoms with van der Waals surface area (Å²) in [7, 11) is 0. The number of hydrogen-bond donors (Lipinski definition) is 1. The molecule has 3 nitrogen and oxygen atoms in total. The molecule has 0 spiro atoms. The molecule has 2 aromatic rings. The first kappa shape index (κ1) is 12.0. The van der Waals surface area contributed by atoms with Gasteiger partial charge in [0, 0.05) is 29.1 Å². The van der Waals surface area contributed by atoms with Gasteiger partial charge in [0.15, 0.2) is 0 Å². The molecule has 1 amide bonds. The van der Waals surface area contributed by atoms with E-state index < -0.39 is 0 Å². The van der Waals surface area contributed by atoms with Gasteiger partial charge in [-0.25, -0.2) is 0 Å². The summed E-state index contributed by atoms with van der Waals surface area (Å²) in [5.41, 5.74) is 3.83. The maximum atomic E-state index is 12.5. The lowest BCUT2D eigenvalue weighted by Crippen LogP contribution is -2.39. The zero-order chi connectivity index (χ0) is 13.9. The molecule has 20 heavy (non-hydrogen) atoms.